The lowest BCUT2D eigenvalue weighted by Gasteiger charge is -2.29. The van der Waals surface area contributed by atoms with Crippen molar-refractivity contribution in [3.63, 3.8) is 0 Å². The maximum absolute atomic E-state index is 5.73. The molecule has 0 aliphatic heterocycles. The average molecular weight is 278 g/mol. The summed E-state index contributed by atoms with van der Waals surface area (Å²) in [6.07, 6.45) is 8.85. The Morgan fingerprint density at radius 3 is 3.16 bits per heavy atom. The van der Waals surface area contributed by atoms with Gasteiger partial charge in [0.25, 0.3) is 0 Å². The van der Waals surface area contributed by atoms with Gasteiger partial charge in [0, 0.05) is 11.3 Å². The van der Waals surface area contributed by atoms with Crippen molar-refractivity contribution in [1.29, 1.82) is 0 Å². The minimum atomic E-state index is 0.275. The third-order valence-corrected chi connectivity index (χ3v) is 4.72. The van der Waals surface area contributed by atoms with Crippen molar-refractivity contribution in [3.8, 4) is 0 Å². The molecule has 0 saturated heterocycles. The number of aromatic nitrogens is 4. The Hall–Kier alpha value is -1.50. The van der Waals surface area contributed by atoms with Gasteiger partial charge in [0.05, 0.1) is 11.6 Å². The smallest absolute Gasteiger partial charge is 0.224 e. The van der Waals surface area contributed by atoms with E-state index in [4.69, 9.17) is 5.73 Å². The lowest BCUT2D eigenvalue weighted by atomic mass is 9.95. The molecule has 2 aromatic heterocycles. The van der Waals surface area contributed by atoms with Gasteiger partial charge in [-0.25, -0.2) is 0 Å². The molecule has 2 unspecified atom stereocenters. The summed E-state index contributed by atoms with van der Waals surface area (Å²) in [5.74, 6) is 1.07. The number of nitrogens with one attached hydrogen (secondary N) is 2. The van der Waals surface area contributed by atoms with Crippen molar-refractivity contribution < 1.29 is 0 Å². The predicted molar refractivity (Wildman–Crippen MR) is 79.3 cm³/mol. The number of aromatic amines is 1. The summed E-state index contributed by atoms with van der Waals surface area (Å²) in [6, 6.07) is 0.457. The summed E-state index contributed by atoms with van der Waals surface area (Å²) in [6.45, 7) is 0. The van der Waals surface area contributed by atoms with Crippen LogP contribution < -0.4 is 11.1 Å². The van der Waals surface area contributed by atoms with E-state index in [1.54, 1.807) is 6.20 Å². The molecule has 0 radical (unpaired) electrons. The fraction of sp³-hybridized carbons (Fsp3) is 0.583. The first kappa shape index (κ1) is 12.5. The van der Waals surface area contributed by atoms with E-state index >= 15 is 0 Å². The number of nitrogen functional groups attached to an aromatic ring is 1. The normalized spacial score (nSPS) is 23.6. The van der Waals surface area contributed by atoms with Crippen molar-refractivity contribution in [3.05, 3.63) is 6.20 Å². The van der Waals surface area contributed by atoms with Crippen LogP contribution in [0.5, 0.6) is 0 Å². The molecule has 1 saturated carbocycles. The maximum atomic E-state index is 5.73. The van der Waals surface area contributed by atoms with Crippen LogP contribution in [0.15, 0.2) is 6.20 Å². The highest BCUT2D eigenvalue weighted by Gasteiger charge is 2.22. The molecule has 2 atom stereocenters. The van der Waals surface area contributed by atoms with E-state index in [9.17, 15) is 0 Å². The van der Waals surface area contributed by atoms with Gasteiger partial charge >= 0.3 is 0 Å². The minimum absolute atomic E-state index is 0.275. The van der Waals surface area contributed by atoms with Gasteiger partial charge in [0.2, 0.25) is 5.95 Å². The van der Waals surface area contributed by atoms with Crippen LogP contribution in [0, 0.1) is 0 Å². The van der Waals surface area contributed by atoms with Crippen LogP contribution >= 0.6 is 11.8 Å². The standard InChI is InChI=1S/C12H18N6S/c1-19-8-4-2-3-7(5-8)15-10-9-6-14-18-11(9)17-12(13)16-10/h6-8H,2-5H2,1H3,(H4,13,14,15,16,17,18). The number of thioether (sulfide) groups is 1. The maximum Gasteiger partial charge on any atom is 0.224 e. The number of H-pyrrole nitrogens is 1. The lowest BCUT2D eigenvalue weighted by molar-refractivity contribution is 0.473. The zero-order valence-electron chi connectivity index (χ0n) is 10.9. The van der Waals surface area contributed by atoms with E-state index in [2.05, 4.69) is 31.7 Å². The molecule has 1 aliphatic rings. The molecule has 0 aromatic carbocycles. The molecule has 2 heterocycles. The van der Waals surface area contributed by atoms with Crippen LogP contribution in [0.25, 0.3) is 11.0 Å². The van der Waals surface area contributed by atoms with Gasteiger partial charge in [-0.3, -0.25) is 5.10 Å². The van der Waals surface area contributed by atoms with Gasteiger partial charge in [-0.05, 0) is 25.5 Å². The fourth-order valence-electron chi connectivity index (χ4n) is 2.65. The first-order chi connectivity index (χ1) is 9.26. The Morgan fingerprint density at radius 1 is 1.42 bits per heavy atom. The van der Waals surface area contributed by atoms with Gasteiger partial charge in [0.15, 0.2) is 5.65 Å². The van der Waals surface area contributed by atoms with E-state index in [0.29, 0.717) is 11.7 Å². The first-order valence-electron chi connectivity index (χ1n) is 6.52. The summed E-state index contributed by atoms with van der Waals surface area (Å²) in [5.41, 5.74) is 6.42. The summed E-state index contributed by atoms with van der Waals surface area (Å²) in [4.78, 5) is 8.43. The van der Waals surface area contributed by atoms with Crippen LogP contribution in [-0.2, 0) is 0 Å². The number of rotatable bonds is 3. The Morgan fingerprint density at radius 2 is 2.32 bits per heavy atom. The van der Waals surface area contributed by atoms with Gasteiger partial charge in [-0.15, -0.1) is 0 Å². The highest BCUT2D eigenvalue weighted by Crippen LogP contribution is 2.30. The Labute approximate surface area is 116 Å². The monoisotopic (exact) mass is 278 g/mol. The first-order valence-corrected chi connectivity index (χ1v) is 7.81. The number of fused-ring (bicyclic) bond motifs is 1. The second kappa shape index (κ2) is 5.24. The Kier molecular flexibility index (Phi) is 3.46. The van der Waals surface area contributed by atoms with Crippen molar-refractivity contribution in [2.24, 2.45) is 0 Å². The third-order valence-electron chi connectivity index (χ3n) is 3.63. The van der Waals surface area contributed by atoms with Crippen molar-refractivity contribution >= 4 is 34.6 Å². The molecule has 19 heavy (non-hydrogen) atoms. The summed E-state index contributed by atoms with van der Waals surface area (Å²) in [7, 11) is 0. The molecular weight excluding hydrogens is 260 g/mol. The largest absolute Gasteiger partial charge is 0.368 e. The van der Waals surface area contributed by atoms with E-state index in [-0.39, 0.29) is 5.95 Å². The van der Waals surface area contributed by atoms with Crippen LogP contribution in [0.4, 0.5) is 11.8 Å². The number of hydrogen-bond donors (Lipinski definition) is 3. The highest BCUT2D eigenvalue weighted by molar-refractivity contribution is 7.99. The molecule has 3 rings (SSSR count). The SMILES string of the molecule is CSC1CCCC(Nc2nc(N)nc3[nH]ncc23)C1. The van der Waals surface area contributed by atoms with E-state index in [0.717, 1.165) is 16.5 Å². The van der Waals surface area contributed by atoms with E-state index < -0.39 is 0 Å². The molecule has 7 heteroatoms. The van der Waals surface area contributed by atoms with Gasteiger partial charge in [0.1, 0.15) is 5.82 Å². The topological polar surface area (TPSA) is 92.5 Å². The quantitative estimate of drug-likeness (QED) is 0.795. The number of hydrogen-bond acceptors (Lipinski definition) is 6. The summed E-state index contributed by atoms with van der Waals surface area (Å²) < 4.78 is 0. The van der Waals surface area contributed by atoms with Crippen LogP contribution in [-0.4, -0.2) is 37.7 Å². The lowest BCUT2D eigenvalue weighted by Crippen LogP contribution is -2.29. The highest BCUT2D eigenvalue weighted by atomic mass is 32.2. The molecule has 1 fully saturated rings. The number of anilines is 2. The Bertz CT molecular complexity index is 568. The zero-order chi connectivity index (χ0) is 13.2. The zero-order valence-corrected chi connectivity index (χ0v) is 11.7. The third kappa shape index (κ3) is 2.60. The fourth-order valence-corrected chi connectivity index (χ4v) is 3.47. The second-order valence-corrected chi connectivity index (χ2v) is 6.07. The second-order valence-electron chi connectivity index (χ2n) is 4.93. The van der Waals surface area contributed by atoms with Crippen molar-refractivity contribution in [1.82, 2.24) is 20.2 Å². The average Bonchev–Trinajstić information content (AvgIpc) is 2.87. The van der Waals surface area contributed by atoms with Crippen LogP contribution in [0.1, 0.15) is 25.7 Å². The van der Waals surface area contributed by atoms with Gasteiger partial charge in [-0.1, -0.05) is 6.42 Å². The number of nitrogens with two attached hydrogens (primary N) is 1. The van der Waals surface area contributed by atoms with Gasteiger partial charge < -0.3 is 11.1 Å². The van der Waals surface area contributed by atoms with Gasteiger partial charge in [-0.2, -0.15) is 26.8 Å². The molecule has 0 bridgehead atoms. The van der Waals surface area contributed by atoms with Crippen LogP contribution in [0.2, 0.25) is 0 Å². The van der Waals surface area contributed by atoms with Crippen molar-refractivity contribution in [2.45, 2.75) is 37.0 Å². The number of nitrogens with zero attached hydrogens (tertiary/aromatic N) is 3. The Balaban J connectivity index is 1.82. The molecule has 4 N–H and O–H groups in total. The molecule has 6 nitrogen and oxygen atoms in total. The summed E-state index contributed by atoms with van der Waals surface area (Å²) in [5, 5.41) is 12.0. The molecule has 102 valence electrons. The molecule has 2 aromatic rings. The molecule has 0 spiro atoms. The summed E-state index contributed by atoms with van der Waals surface area (Å²) >= 11 is 1.95. The molecular formula is C12H18N6S. The van der Waals surface area contributed by atoms with E-state index in [1.807, 2.05) is 11.8 Å². The molecule has 0 amide bonds. The van der Waals surface area contributed by atoms with Crippen molar-refractivity contribution in [2.75, 3.05) is 17.3 Å². The van der Waals surface area contributed by atoms with Crippen LogP contribution in [0.3, 0.4) is 0 Å². The predicted octanol–water partition coefficient (Wildman–Crippen LogP) is 2.02. The minimum Gasteiger partial charge on any atom is -0.368 e. The van der Waals surface area contributed by atoms with E-state index in [1.165, 1.54) is 25.7 Å². The molecule has 1 aliphatic carbocycles.